The Morgan fingerprint density at radius 1 is 1.29 bits per heavy atom. The summed E-state index contributed by atoms with van der Waals surface area (Å²) in [4.78, 5) is 21.2. The van der Waals surface area contributed by atoms with Gasteiger partial charge in [-0.05, 0) is 18.6 Å². The zero-order chi connectivity index (χ0) is 14.8. The maximum atomic E-state index is 12.0. The predicted octanol–water partition coefficient (Wildman–Crippen LogP) is 2.69. The van der Waals surface area contributed by atoms with E-state index in [0.717, 1.165) is 5.56 Å². The highest BCUT2D eigenvalue weighted by Gasteiger charge is 2.33. The van der Waals surface area contributed by atoms with Crippen molar-refractivity contribution in [2.24, 2.45) is 4.99 Å². The van der Waals surface area contributed by atoms with Gasteiger partial charge in [0.15, 0.2) is 11.7 Å². The monoisotopic (exact) mass is 279 g/mol. The average molecular weight is 279 g/mol. The lowest BCUT2D eigenvalue weighted by Crippen LogP contribution is -2.38. The van der Waals surface area contributed by atoms with Gasteiger partial charge in [0.25, 0.3) is 5.91 Å². The Morgan fingerprint density at radius 2 is 2.05 bits per heavy atom. The molecule has 5 heteroatoms. The van der Waals surface area contributed by atoms with Crippen molar-refractivity contribution in [2.45, 2.75) is 6.92 Å². The molecule has 104 valence electrons. The number of hydrogen-bond acceptors (Lipinski definition) is 3. The fraction of sp³-hybridized carbons (Fsp3) is 0.0625. The number of hydrogen-bond donors (Lipinski definition) is 1. The number of carbonyl (C=O) groups excluding carboxylic acids is 1. The summed E-state index contributed by atoms with van der Waals surface area (Å²) in [6.07, 6.45) is 6.80. The van der Waals surface area contributed by atoms with Crippen molar-refractivity contribution in [3.63, 3.8) is 0 Å². The van der Waals surface area contributed by atoms with Crippen LogP contribution in [0.1, 0.15) is 12.5 Å². The number of aliphatic imine (C=N–C) groups is 1. The summed E-state index contributed by atoms with van der Waals surface area (Å²) in [6.45, 7) is 1.75. The van der Waals surface area contributed by atoms with Gasteiger partial charge in [-0.15, -0.1) is 5.06 Å². The van der Waals surface area contributed by atoms with E-state index >= 15 is 0 Å². The zero-order valence-electron chi connectivity index (χ0n) is 11.4. The van der Waals surface area contributed by atoms with Crippen molar-refractivity contribution >= 4 is 23.7 Å². The summed E-state index contributed by atoms with van der Waals surface area (Å²) in [7, 11) is 0. The number of fused-ring (bicyclic) bond motifs is 1. The van der Waals surface area contributed by atoms with E-state index in [2.05, 4.69) is 4.99 Å². The Bertz CT molecular complexity index is 727. The quantitative estimate of drug-likeness (QED) is 0.846. The molecule has 21 heavy (non-hydrogen) atoms. The Hall–Kier alpha value is -2.95. The van der Waals surface area contributed by atoms with E-state index in [1.54, 1.807) is 25.2 Å². The number of amides is 1. The zero-order valence-corrected chi connectivity index (χ0v) is 11.4. The third-order valence-electron chi connectivity index (χ3n) is 3.03. The molecular formula is C16H13N3O2. The van der Waals surface area contributed by atoms with E-state index in [4.69, 9.17) is 10.2 Å². The van der Waals surface area contributed by atoms with Crippen molar-refractivity contribution in [1.29, 1.82) is 5.41 Å². The molecule has 5 nitrogen and oxygen atoms in total. The van der Waals surface area contributed by atoms with Crippen LogP contribution in [0.2, 0.25) is 0 Å². The van der Waals surface area contributed by atoms with E-state index in [1.165, 1.54) is 5.06 Å². The van der Waals surface area contributed by atoms with Crippen LogP contribution in [0.3, 0.4) is 0 Å². The molecular weight excluding hydrogens is 266 g/mol. The van der Waals surface area contributed by atoms with Crippen LogP contribution in [0.4, 0.5) is 0 Å². The molecule has 1 N–H and O–H groups in total. The van der Waals surface area contributed by atoms with Gasteiger partial charge in [-0.25, -0.2) is 0 Å². The largest absolute Gasteiger partial charge is 0.376 e. The normalized spacial score (nSPS) is 19.7. The van der Waals surface area contributed by atoms with E-state index < -0.39 is 5.91 Å². The van der Waals surface area contributed by atoms with Gasteiger partial charge in [0.2, 0.25) is 0 Å². The minimum atomic E-state index is -0.432. The third kappa shape index (κ3) is 2.53. The second kappa shape index (κ2) is 5.20. The lowest BCUT2D eigenvalue weighted by Gasteiger charge is -2.22. The first-order valence-electron chi connectivity index (χ1n) is 6.47. The van der Waals surface area contributed by atoms with E-state index in [-0.39, 0.29) is 11.4 Å². The Morgan fingerprint density at radius 3 is 2.81 bits per heavy atom. The third-order valence-corrected chi connectivity index (χ3v) is 3.03. The molecule has 1 amide bonds. The Balaban J connectivity index is 1.84. The van der Waals surface area contributed by atoms with E-state index in [0.29, 0.717) is 11.6 Å². The van der Waals surface area contributed by atoms with Gasteiger partial charge in [0, 0.05) is 6.08 Å². The van der Waals surface area contributed by atoms with Crippen LogP contribution in [-0.2, 0) is 9.63 Å². The van der Waals surface area contributed by atoms with Crippen molar-refractivity contribution in [1.82, 2.24) is 5.06 Å². The fourth-order valence-electron chi connectivity index (χ4n) is 2.04. The first kappa shape index (κ1) is 13.1. The smallest absolute Gasteiger partial charge is 0.282 e. The second-order valence-electron chi connectivity index (χ2n) is 4.61. The molecule has 1 aromatic rings. The van der Waals surface area contributed by atoms with Crippen LogP contribution in [0, 0.1) is 5.41 Å². The first-order valence-corrected chi connectivity index (χ1v) is 6.47. The van der Waals surface area contributed by atoms with Gasteiger partial charge in [0.1, 0.15) is 5.76 Å². The fourth-order valence-corrected chi connectivity index (χ4v) is 2.04. The highest BCUT2D eigenvalue weighted by atomic mass is 16.7. The summed E-state index contributed by atoms with van der Waals surface area (Å²) in [5, 5.41) is 9.29. The molecule has 0 bridgehead atoms. The summed E-state index contributed by atoms with van der Waals surface area (Å²) in [6, 6.07) is 9.71. The van der Waals surface area contributed by atoms with Crippen molar-refractivity contribution in [2.75, 3.05) is 0 Å². The molecule has 2 heterocycles. The minimum Gasteiger partial charge on any atom is -0.376 e. The molecule has 0 aliphatic carbocycles. The van der Waals surface area contributed by atoms with Crippen molar-refractivity contribution in [3.05, 3.63) is 65.5 Å². The number of nitrogens with one attached hydrogen (secondary N) is 1. The molecule has 2 aliphatic rings. The van der Waals surface area contributed by atoms with E-state index in [1.807, 2.05) is 36.4 Å². The summed E-state index contributed by atoms with van der Waals surface area (Å²) in [5.74, 6) is 0.522. The van der Waals surface area contributed by atoms with Crippen LogP contribution in [0.5, 0.6) is 0 Å². The molecule has 0 fully saturated rings. The highest BCUT2D eigenvalue weighted by Crippen LogP contribution is 2.22. The van der Waals surface area contributed by atoms with Gasteiger partial charge < -0.3 is 4.84 Å². The summed E-state index contributed by atoms with van der Waals surface area (Å²) in [5.41, 5.74) is 1.22. The Labute approximate surface area is 122 Å². The molecule has 0 radical (unpaired) electrons. The number of amidine groups is 2. The standard InChI is InChI=1S/C16H13N3O2/c1-11-10-14-18-16(20)13(15(17)19(14)21-11)9-5-8-12-6-3-2-4-7-12/h2-10,17H,1H3/b8-5+,13-9+,17-15?. The van der Waals surface area contributed by atoms with Crippen molar-refractivity contribution < 1.29 is 9.63 Å². The summed E-state index contributed by atoms with van der Waals surface area (Å²) < 4.78 is 0. The van der Waals surface area contributed by atoms with Crippen LogP contribution in [-0.4, -0.2) is 22.6 Å². The molecule has 0 saturated heterocycles. The van der Waals surface area contributed by atoms with Crippen LogP contribution in [0.25, 0.3) is 6.08 Å². The van der Waals surface area contributed by atoms with Crippen molar-refractivity contribution in [3.8, 4) is 0 Å². The molecule has 0 spiro atoms. The molecule has 0 aromatic heterocycles. The maximum absolute atomic E-state index is 12.0. The first-order chi connectivity index (χ1) is 10.1. The van der Waals surface area contributed by atoms with Crippen LogP contribution >= 0.6 is 0 Å². The predicted molar refractivity (Wildman–Crippen MR) is 80.4 cm³/mol. The average Bonchev–Trinajstić information content (AvgIpc) is 2.84. The molecule has 1 aromatic carbocycles. The van der Waals surface area contributed by atoms with Crippen LogP contribution in [0.15, 0.2) is 64.9 Å². The lowest BCUT2D eigenvalue weighted by molar-refractivity contribution is -0.114. The van der Waals surface area contributed by atoms with Gasteiger partial charge in [-0.3, -0.25) is 10.2 Å². The van der Waals surface area contributed by atoms with Crippen LogP contribution < -0.4 is 0 Å². The number of nitrogens with zero attached hydrogens (tertiary/aromatic N) is 2. The Kier molecular flexibility index (Phi) is 3.23. The lowest BCUT2D eigenvalue weighted by atomic mass is 10.1. The molecule has 0 saturated carbocycles. The number of allylic oxidation sites excluding steroid dienone is 3. The maximum Gasteiger partial charge on any atom is 0.282 e. The van der Waals surface area contributed by atoms with Gasteiger partial charge in [-0.1, -0.05) is 42.5 Å². The summed E-state index contributed by atoms with van der Waals surface area (Å²) >= 11 is 0. The van der Waals surface area contributed by atoms with Gasteiger partial charge >= 0.3 is 0 Å². The highest BCUT2D eigenvalue weighted by molar-refractivity contribution is 6.30. The number of benzene rings is 1. The minimum absolute atomic E-state index is 0.00388. The van der Waals surface area contributed by atoms with E-state index in [9.17, 15) is 4.79 Å². The molecule has 0 unspecified atom stereocenters. The number of rotatable bonds is 2. The number of carbonyl (C=O) groups is 1. The van der Waals surface area contributed by atoms with Gasteiger partial charge in [-0.2, -0.15) is 4.99 Å². The molecule has 3 rings (SSSR count). The van der Waals surface area contributed by atoms with Gasteiger partial charge in [0.05, 0.1) is 5.57 Å². The topological polar surface area (TPSA) is 65.8 Å². The molecule has 2 aliphatic heterocycles. The second-order valence-corrected chi connectivity index (χ2v) is 4.61. The SMILES string of the molecule is CC1=CC2=NC(=O)/C(=C/C=C/c3ccccc3)C(=N)N2O1. The molecule has 0 atom stereocenters. The number of hydroxylamine groups is 2.